The van der Waals surface area contributed by atoms with Gasteiger partial charge in [-0.3, -0.25) is 0 Å². The maximum absolute atomic E-state index is 5.96. The highest BCUT2D eigenvalue weighted by Gasteiger charge is 2.17. The molecule has 0 aliphatic carbocycles. The summed E-state index contributed by atoms with van der Waals surface area (Å²) >= 11 is 0. The molecular weight excluding hydrogens is 254 g/mol. The lowest BCUT2D eigenvalue weighted by atomic mass is 10.1. The summed E-state index contributed by atoms with van der Waals surface area (Å²) in [7, 11) is 1.69. The average molecular weight is 275 g/mol. The molecule has 1 N–H and O–H groups in total. The van der Waals surface area contributed by atoms with Gasteiger partial charge < -0.3 is 19.4 Å². The largest absolute Gasteiger partial charge is 0.438 e. The molecule has 0 bridgehead atoms. The van der Waals surface area contributed by atoms with Gasteiger partial charge in [-0.05, 0) is 24.6 Å². The molecule has 3 rings (SSSR count). The number of nitrogens with one attached hydrogen (secondary N) is 1. The van der Waals surface area contributed by atoms with Crippen LogP contribution in [0.15, 0.2) is 16.5 Å². The number of hydrogen-bond acceptors (Lipinski definition) is 5. The van der Waals surface area contributed by atoms with Crippen molar-refractivity contribution in [3.63, 3.8) is 0 Å². The van der Waals surface area contributed by atoms with Gasteiger partial charge in [-0.25, -0.2) is 4.98 Å². The SMILES string of the molecule is COCCc1nc2cc(C)cc(N3CCNCC3)c2o1. The zero-order chi connectivity index (χ0) is 13.9. The lowest BCUT2D eigenvalue weighted by molar-refractivity contribution is 0.196. The fourth-order valence-electron chi connectivity index (χ4n) is 2.63. The monoisotopic (exact) mass is 275 g/mol. The molecule has 0 amide bonds. The van der Waals surface area contributed by atoms with Crippen molar-refractivity contribution >= 4 is 16.8 Å². The molecule has 0 atom stereocenters. The molecule has 1 fully saturated rings. The van der Waals surface area contributed by atoms with Crippen LogP contribution in [-0.4, -0.2) is 44.9 Å². The third-order valence-corrected chi connectivity index (χ3v) is 3.64. The van der Waals surface area contributed by atoms with E-state index in [1.807, 2.05) is 0 Å². The number of hydrogen-bond donors (Lipinski definition) is 1. The second kappa shape index (κ2) is 5.81. The predicted octanol–water partition coefficient (Wildman–Crippen LogP) is 1.73. The number of nitrogens with zero attached hydrogens (tertiary/aromatic N) is 2. The molecule has 108 valence electrons. The minimum atomic E-state index is 0.634. The number of aryl methyl sites for hydroxylation is 1. The van der Waals surface area contributed by atoms with Gasteiger partial charge in [0.2, 0.25) is 0 Å². The standard InChI is InChI=1S/C15H21N3O2/c1-11-9-12-15(20-14(17-12)3-8-19-2)13(10-11)18-6-4-16-5-7-18/h9-10,16H,3-8H2,1-2H3. The van der Waals surface area contributed by atoms with Crippen LogP contribution in [0.3, 0.4) is 0 Å². The van der Waals surface area contributed by atoms with Crippen molar-refractivity contribution in [3.8, 4) is 0 Å². The molecule has 2 heterocycles. The van der Waals surface area contributed by atoms with Gasteiger partial charge in [0.25, 0.3) is 0 Å². The van der Waals surface area contributed by atoms with Crippen LogP contribution in [0.5, 0.6) is 0 Å². The first kappa shape index (κ1) is 13.4. The Kier molecular flexibility index (Phi) is 3.89. The fraction of sp³-hybridized carbons (Fsp3) is 0.533. The Morgan fingerprint density at radius 3 is 2.90 bits per heavy atom. The summed E-state index contributed by atoms with van der Waals surface area (Å²) in [4.78, 5) is 6.95. The van der Waals surface area contributed by atoms with E-state index >= 15 is 0 Å². The number of benzene rings is 1. The summed E-state index contributed by atoms with van der Waals surface area (Å²) in [6, 6.07) is 4.28. The third-order valence-electron chi connectivity index (χ3n) is 3.64. The lowest BCUT2D eigenvalue weighted by Gasteiger charge is -2.29. The zero-order valence-electron chi connectivity index (χ0n) is 12.1. The average Bonchev–Trinajstić information content (AvgIpc) is 2.87. The predicted molar refractivity (Wildman–Crippen MR) is 79.4 cm³/mol. The molecule has 5 heteroatoms. The van der Waals surface area contributed by atoms with E-state index in [1.54, 1.807) is 7.11 Å². The summed E-state index contributed by atoms with van der Waals surface area (Å²) in [5.41, 5.74) is 4.24. The molecule has 0 spiro atoms. The van der Waals surface area contributed by atoms with Crippen LogP contribution in [0.25, 0.3) is 11.1 Å². The molecule has 0 unspecified atom stereocenters. The highest BCUT2D eigenvalue weighted by Crippen LogP contribution is 2.29. The van der Waals surface area contributed by atoms with Crippen LogP contribution >= 0.6 is 0 Å². The number of methoxy groups -OCH3 is 1. The molecule has 0 radical (unpaired) electrons. The van der Waals surface area contributed by atoms with E-state index < -0.39 is 0 Å². The summed E-state index contributed by atoms with van der Waals surface area (Å²) in [6.45, 7) is 6.78. The van der Waals surface area contributed by atoms with Crippen molar-refractivity contribution in [3.05, 3.63) is 23.6 Å². The summed E-state index contributed by atoms with van der Waals surface area (Å²) in [5.74, 6) is 0.754. The second-order valence-electron chi connectivity index (χ2n) is 5.22. The number of anilines is 1. The molecular formula is C15H21N3O2. The van der Waals surface area contributed by atoms with Crippen molar-refractivity contribution in [1.29, 1.82) is 0 Å². The third kappa shape index (κ3) is 2.64. The van der Waals surface area contributed by atoms with E-state index in [0.717, 1.165) is 48.9 Å². The number of oxazole rings is 1. The van der Waals surface area contributed by atoms with Gasteiger partial charge in [0.05, 0.1) is 12.3 Å². The Bertz CT molecular complexity index is 588. The van der Waals surface area contributed by atoms with Crippen LogP contribution in [-0.2, 0) is 11.2 Å². The van der Waals surface area contributed by atoms with E-state index in [-0.39, 0.29) is 0 Å². The number of rotatable bonds is 4. The molecule has 1 aromatic heterocycles. The van der Waals surface area contributed by atoms with Crippen molar-refractivity contribution in [1.82, 2.24) is 10.3 Å². The van der Waals surface area contributed by atoms with Gasteiger partial charge in [-0.15, -0.1) is 0 Å². The Labute approximate surface area is 118 Å². The van der Waals surface area contributed by atoms with Gasteiger partial charge in [0.15, 0.2) is 11.5 Å². The molecule has 1 aliphatic rings. The van der Waals surface area contributed by atoms with Crippen molar-refractivity contribution in [2.45, 2.75) is 13.3 Å². The van der Waals surface area contributed by atoms with Gasteiger partial charge in [-0.2, -0.15) is 0 Å². The zero-order valence-corrected chi connectivity index (χ0v) is 12.1. The lowest BCUT2D eigenvalue weighted by Crippen LogP contribution is -2.43. The molecule has 2 aromatic rings. The van der Waals surface area contributed by atoms with Gasteiger partial charge in [-0.1, -0.05) is 0 Å². The molecule has 20 heavy (non-hydrogen) atoms. The van der Waals surface area contributed by atoms with E-state index in [1.165, 1.54) is 5.56 Å². The topological polar surface area (TPSA) is 50.5 Å². The van der Waals surface area contributed by atoms with E-state index in [0.29, 0.717) is 13.0 Å². The van der Waals surface area contributed by atoms with E-state index in [4.69, 9.17) is 9.15 Å². The van der Waals surface area contributed by atoms with Crippen molar-refractivity contribution in [2.75, 3.05) is 44.8 Å². The van der Waals surface area contributed by atoms with Crippen molar-refractivity contribution < 1.29 is 9.15 Å². The first-order valence-electron chi connectivity index (χ1n) is 7.12. The number of piperazine rings is 1. The quantitative estimate of drug-likeness (QED) is 0.921. The fourth-order valence-corrected chi connectivity index (χ4v) is 2.63. The summed E-state index contributed by atoms with van der Waals surface area (Å²) < 4.78 is 11.0. The van der Waals surface area contributed by atoms with Crippen LogP contribution in [0.4, 0.5) is 5.69 Å². The van der Waals surface area contributed by atoms with Crippen molar-refractivity contribution in [2.24, 2.45) is 0 Å². The molecule has 1 saturated heterocycles. The first-order chi connectivity index (χ1) is 9.78. The van der Waals surface area contributed by atoms with Crippen LogP contribution < -0.4 is 10.2 Å². The molecule has 1 aromatic carbocycles. The maximum atomic E-state index is 5.96. The van der Waals surface area contributed by atoms with Gasteiger partial charge in [0, 0.05) is 39.7 Å². The first-order valence-corrected chi connectivity index (χ1v) is 7.12. The van der Waals surface area contributed by atoms with E-state index in [2.05, 4.69) is 34.3 Å². The van der Waals surface area contributed by atoms with Crippen LogP contribution in [0.2, 0.25) is 0 Å². The maximum Gasteiger partial charge on any atom is 0.197 e. The van der Waals surface area contributed by atoms with Crippen LogP contribution in [0.1, 0.15) is 11.5 Å². The highest BCUT2D eigenvalue weighted by atomic mass is 16.5. The Morgan fingerprint density at radius 1 is 1.35 bits per heavy atom. The number of aromatic nitrogens is 1. The Balaban J connectivity index is 1.98. The van der Waals surface area contributed by atoms with Gasteiger partial charge >= 0.3 is 0 Å². The van der Waals surface area contributed by atoms with E-state index in [9.17, 15) is 0 Å². The number of fused-ring (bicyclic) bond motifs is 1. The Hall–Kier alpha value is -1.59. The molecule has 5 nitrogen and oxygen atoms in total. The second-order valence-corrected chi connectivity index (χ2v) is 5.22. The summed E-state index contributed by atoms with van der Waals surface area (Å²) in [5, 5.41) is 3.38. The molecule has 0 saturated carbocycles. The van der Waals surface area contributed by atoms with Gasteiger partial charge in [0.1, 0.15) is 5.52 Å². The normalized spacial score (nSPS) is 16.0. The minimum absolute atomic E-state index is 0.634. The summed E-state index contributed by atoms with van der Waals surface area (Å²) in [6.07, 6.45) is 0.714. The van der Waals surface area contributed by atoms with Crippen LogP contribution in [0, 0.1) is 6.92 Å². The molecule has 1 aliphatic heterocycles. The number of ether oxygens (including phenoxy) is 1. The minimum Gasteiger partial charge on any atom is -0.438 e. The Morgan fingerprint density at radius 2 is 2.15 bits per heavy atom. The highest BCUT2D eigenvalue weighted by molar-refractivity contribution is 5.87. The smallest absolute Gasteiger partial charge is 0.197 e.